The summed E-state index contributed by atoms with van der Waals surface area (Å²) in [5, 5.41) is 9.08. The third-order valence-electron chi connectivity index (χ3n) is 3.67. The predicted molar refractivity (Wildman–Crippen MR) is 64.6 cm³/mol. The van der Waals surface area contributed by atoms with E-state index >= 15 is 0 Å². The molecule has 1 aliphatic heterocycles. The van der Waals surface area contributed by atoms with E-state index < -0.39 is 5.97 Å². The Hall–Kier alpha value is -1.42. The van der Waals surface area contributed by atoms with Crippen molar-refractivity contribution in [3.05, 3.63) is 29.6 Å². The SMILES string of the molecule is Cc1cccnc1CN1CCC(C(=O)O)C1C. The first kappa shape index (κ1) is 12.0. The zero-order valence-electron chi connectivity index (χ0n) is 10.3. The van der Waals surface area contributed by atoms with Gasteiger partial charge in [0.1, 0.15) is 0 Å². The van der Waals surface area contributed by atoms with E-state index in [1.54, 1.807) is 6.20 Å². The van der Waals surface area contributed by atoms with Crippen LogP contribution in [-0.2, 0) is 11.3 Å². The van der Waals surface area contributed by atoms with Crippen LogP contribution in [0.1, 0.15) is 24.6 Å². The summed E-state index contributed by atoms with van der Waals surface area (Å²) in [6.45, 7) is 5.62. The number of likely N-dealkylation sites (tertiary alicyclic amines) is 1. The minimum Gasteiger partial charge on any atom is -0.481 e. The molecule has 1 N–H and O–H groups in total. The first-order chi connectivity index (χ1) is 8.09. The number of carboxylic acid groups (broad SMARTS) is 1. The number of aryl methyl sites for hydroxylation is 1. The first-order valence-corrected chi connectivity index (χ1v) is 5.97. The summed E-state index contributed by atoms with van der Waals surface area (Å²) in [5.74, 6) is -0.920. The second-order valence-electron chi connectivity index (χ2n) is 4.71. The Morgan fingerprint density at radius 1 is 1.65 bits per heavy atom. The van der Waals surface area contributed by atoms with Crippen LogP contribution in [0.5, 0.6) is 0 Å². The molecule has 2 heterocycles. The molecule has 1 aromatic heterocycles. The summed E-state index contributed by atoms with van der Waals surface area (Å²) in [4.78, 5) is 17.6. The molecule has 1 saturated heterocycles. The minimum absolute atomic E-state index is 0.0916. The van der Waals surface area contributed by atoms with E-state index in [1.165, 1.54) is 5.56 Å². The second kappa shape index (κ2) is 4.84. The standard InChI is InChI=1S/C13H18N2O2/c1-9-4-3-6-14-12(9)8-15-7-5-11(10(15)2)13(16)17/h3-4,6,10-11H,5,7-8H2,1-2H3,(H,16,17). The average molecular weight is 234 g/mol. The molecule has 0 spiro atoms. The third-order valence-corrected chi connectivity index (χ3v) is 3.67. The van der Waals surface area contributed by atoms with Gasteiger partial charge >= 0.3 is 5.97 Å². The molecular weight excluding hydrogens is 216 g/mol. The Balaban J connectivity index is 2.06. The molecule has 0 amide bonds. The largest absolute Gasteiger partial charge is 0.481 e. The number of aromatic nitrogens is 1. The Kier molecular flexibility index (Phi) is 3.43. The van der Waals surface area contributed by atoms with Crippen molar-refractivity contribution in [3.8, 4) is 0 Å². The Morgan fingerprint density at radius 3 is 3.00 bits per heavy atom. The molecular formula is C13H18N2O2. The van der Waals surface area contributed by atoms with Gasteiger partial charge in [0.15, 0.2) is 0 Å². The van der Waals surface area contributed by atoms with Gasteiger partial charge in [0, 0.05) is 18.8 Å². The zero-order chi connectivity index (χ0) is 12.4. The van der Waals surface area contributed by atoms with Crippen LogP contribution >= 0.6 is 0 Å². The summed E-state index contributed by atoms with van der Waals surface area (Å²) in [5.41, 5.74) is 2.21. The van der Waals surface area contributed by atoms with E-state index in [9.17, 15) is 4.79 Å². The number of pyridine rings is 1. The molecule has 2 atom stereocenters. The van der Waals surface area contributed by atoms with Gasteiger partial charge in [0.25, 0.3) is 0 Å². The molecule has 0 radical (unpaired) electrons. The fourth-order valence-electron chi connectivity index (χ4n) is 2.43. The van der Waals surface area contributed by atoms with E-state index in [0.717, 1.165) is 25.2 Å². The number of nitrogens with zero attached hydrogens (tertiary/aromatic N) is 2. The Morgan fingerprint density at radius 2 is 2.41 bits per heavy atom. The van der Waals surface area contributed by atoms with Crippen molar-refractivity contribution in [2.24, 2.45) is 5.92 Å². The van der Waals surface area contributed by atoms with Crippen molar-refractivity contribution >= 4 is 5.97 Å². The fraction of sp³-hybridized carbons (Fsp3) is 0.538. The van der Waals surface area contributed by atoms with Crippen LogP contribution in [0.3, 0.4) is 0 Å². The van der Waals surface area contributed by atoms with Crippen molar-refractivity contribution in [2.75, 3.05) is 6.54 Å². The normalized spacial score (nSPS) is 25.1. The van der Waals surface area contributed by atoms with E-state index in [1.807, 2.05) is 26.0 Å². The molecule has 92 valence electrons. The van der Waals surface area contributed by atoms with Crippen LogP contribution in [0.15, 0.2) is 18.3 Å². The first-order valence-electron chi connectivity index (χ1n) is 5.97. The van der Waals surface area contributed by atoms with E-state index in [2.05, 4.69) is 9.88 Å². The maximum atomic E-state index is 11.0. The van der Waals surface area contributed by atoms with Gasteiger partial charge in [0.05, 0.1) is 11.6 Å². The maximum absolute atomic E-state index is 11.0. The van der Waals surface area contributed by atoms with Gasteiger partial charge in [0.2, 0.25) is 0 Å². The number of carboxylic acids is 1. The van der Waals surface area contributed by atoms with Crippen molar-refractivity contribution in [3.63, 3.8) is 0 Å². The number of hydrogen-bond donors (Lipinski definition) is 1. The summed E-state index contributed by atoms with van der Waals surface area (Å²) in [6.07, 6.45) is 2.53. The maximum Gasteiger partial charge on any atom is 0.308 e. The van der Waals surface area contributed by atoms with Crippen molar-refractivity contribution < 1.29 is 9.90 Å². The fourth-order valence-corrected chi connectivity index (χ4v) is 2.43. The Bertz CT molecular complexity index is 420. The lowest BCUT2D eigenvalue weighted by Gasteiger charge is -2.23. The quantitative estimate of drug-likeness (QED) is 0.864. The highest BCUT2D eigenvalue weighted by molar-refractivity contribution is 5.71. The van der Waals surface area contributed by atoms with Gasteiger partial charge in [-0.25, -0.2) is 0 Å². The number of rotatable bonds is 3. The van der Waals surface area contributed by atoms with Gasteiger partial charge in [-0.15, -0.1) is 0 Å². The summed E-state index contributed by atoms with van der Waals surface area (Å²) >= 11 is 0. The summed E-state index contributed by atoms with van der Waals surface area (Å²) in [6, 6.07) is 4.05. The van der Waals surface area contributed by atoms with E-state index in [-0.39, 0.29) is 12.0 Å². The molecule has 2 rings (SSSR count). The average Bonchev–Trinajstić information content (AvgIpc) is 2.64. The molecule has 0 bridgehead atoms. The molecule has 4 heteroatoms. The highest BCUT2D eigenvalue weighted by atomic mass is 16.4. The minimum atomic E-state index is -0.683. The van der Waals surface area contributed by atoms with E-state index in [4.69, 9.17) is 5.11 Å². The number of hydrogen-bond acceptors (Lipinski definition) is 3. The van der Waals surface area contributed by atoms with Crippen LogP contribution in [0, 0.1) is 12.8 Å². The van der Waals surface area contributed by atoms with Crippen LogP contribution in [0.25, 0.3) is 0 Å². The van der Waals surface area contributed by atoms with Gasteiger partial charge in [-0.1, -0.05) is 6.07 Å². The predicted octanol–water partition coefficient (Wildman–Crippen LogP) is 1.69. The van der Waals surface area contributed by atoms with Crippen molar-refractivity contribution in [1.82, 2.24) is 9.88 Å². The molecule has 1 aliphatic rings. The molecule has 4 nitrogen and oxygen atoms in total. The lowest BCUT2D eigenvalue weighted by atomic mass is 10.0. The van der Waals surface area contributed by atoms with Gasteiger partial charge in [-0.05, 0) is 38.4 Å². The smallest absolute Gasteiger partial charge is 0.308 e. The monoisotopic (exact) mass is 234 g/mol. The van der Waals surface area contributed by atoms with Crippen LogP contribution < -0.4 is 0 Å². The number of aliphatic carboxylic acids is 1. The van der Waals surface area contributed by atoms with Crippen molar-refractivity contribution in [2.45, 2.75) is 32.9 Å². The van der Waals surface area contributed by atoms with Gasteiger partial charge in [-0.2, -0.15) is 0 Å². The molecule has 2 unspecified atom stereocenters. The molecule has 0 saturated carbocycles. The lowest BCUT2D eigenvalue weighted by Crippen LogP contribution is -2.32. The van der Waals surface area contributed by atoms with Crippen LogP contribution in [0.4, 0.5) is 0 Å². The van der Waals surface area contributed by atoms with E-state index in [0.29, 0.717) is 0 Å². The molecule has 0 aromatic carbocycles. The third kappa shape index (κ3) is 2.47. The Labute approximate surface area is 101 Å². The molecule has 1 fully saturated rings. The van der Waals surface area contributed by atoms with Crippen molar-refractivity contribution in [1.29, 1.82) is 0 Å². The van der Waals surface area contributed by atoms with Crippen LogP contribution in [-0.4, -0.2) is 33.5 Å². The topological polar surface area (TPSA) is 53.4 Å². The van der Waals surface area contributed by atoms with Gasteiger partial charge < -0.3 is 5.11 Å². The highest BCUT2D eigenvalue weighted by Crippen LogP contribution is 2.26. The second-order valence-corrected chi connectivity index (χ2v) is 4.71. The zero-order valence-corrected chi connectivity index (χ0v) is 10.3. The molecule has 0 aliphatic carbocycles. The molecule has 1 aromatic rings. The van der Waals surface area contributed by atoms with Gasteiger partial charge in [-0.3, -0.25) is 14.7 Å². The summed E-state index contributed by atoms with van der Waals surface area (Å²) < 4.78 is 0. The van der Waals surface area contributed by atoms with Crippen LogP contribution in [0.2, 0.25) is 0 Å². The molecule has 17 heavy (non-hydrogen) atoms. The highest BCUT2D eigenvalue weighted by Gasteiger charge is 2.35. The summed E-state index contributed by atoms with van der Waals surface area (Å²) in [7, 11) is 0. The number of carbonyl (C=O) groups is 1. The lowest BCUT2D eigenvalue weighted by molar-refractivity contribution is -0.142.